The Morgan fingerprint density at radius 2 is 2.08 bits per heavy atom. The van der Waals surface area contributed by atoms with Crippen molar-refractivity contribution in [1.82, 2.24) is 0 Å². The number of aliphatic hydroxyl groups excluding tert-OH is 1. The molecule has 7 atom stereocenters. The van der Waals surface area contributed by atoms with E-state index in [4.69, 9.17) is 9.47 Å². The van der Waals surface area contributed by atoms with Crippen molar-refractivity contribution in [2.75, 3.05) is 6.61 Å². The summed E-state index contributed by atoms with van der Waals surface area (Å²) in [5.74, 6) is -3.33. The van der Waals surface area contributed by atoms with Gasteiger partial charge in [-0.25, -0.2) is 4.79 Å². The predicted molar refractivity (Wildman–Crippen MR) is 80.5 cm³/mol. The lowest BCUT2D eigenvalue weighted by Crippen LogP contribution is -2.52. The van der Waals surface area contributed by atoms with Gasteiger partial charge in [0.2, 0.25) is 5.60 Å². The number of esters is 2. The lowest BCUT2D eigenvalue weighted by molar-refractivity contribution is -0.168. The molecule has 3 rings (SSSR count). The average molecular weight is 338 g/mol. The smallest absolute Gasteiger partial charge is 0.342 e. The minimum atomic E-state index is -2.11. The first-order chi connectivity index (χ1) is 11.2. The first-order valence-corrected chi connectivity index (χ1v) is 8.12. The first kappa shape index (κ1) is 17.1. The standard InChI is InChI=1S/C17H22O7/c1-7-4-12(20)14-15(13-8(2)11(19)5-10(7)13)24-16(21)17(14,22)6-23-9(3)18/h8,10,12-15,20,22H,1,4-6H2,2-3H3/t8-,10+,12+,13+,14-,15-,17+/m1/s1. The Morgan fingerprint density at radius 1 is 1.42 bits per heavy atom. The zero-order chi connectivity index (χ0) is 17.8. The van der Waals surface area contributed by atoms with Crippen LogP contribution in [0.3, 0.4) is 0 Å². The number of ketones is 1. The van der Waals surface area contributed by atoms with Gasteiger partial charge in [0.15, 0.2) is 0 Å². The Morgan fingerprint density at radius 3 is 2.71 bits per heavy atom. The number of carbonyl (C=O) groups excluding carboxylic acids is 3. The highest BCUT2D eigenvalue weighted by molar-refractivity contribution is 5.86. The maximum Gasteiger partial charge on any atom is 0.342 e. The molecule has 0 aromatic carbocycles. The number of carbonyl (C=O) groups is 3. The molecule has 0 aromatic heterocycles. The minimum absolute atomic E-state index is 0.0627. The largest absolute Gasteiger partial charge is 0.462 e. The number of fused-ring (bicyclic) bond motifs is 3. The van der Waals surface area contributed by atoms with Crippen molar-refractivity contribution in [2.45, 2.75) is 44.5 Å². The Balaban J connectivity index is 1.99. The van der Waals surface area contributed by atoms with Crippen LogP contribution in [0, 0.1) is 23.7 Å². The second-order valence-electron chi connectivity index (χ2n) is 7.17. The van der Waals surface area contributed by atoms with Gasteiger partial charge in [0.05, 0.1) is 12.0 Å². The molecule has 0 amide bonds. The van der Waals surface area contributed by atoms with E-state index in [-0.39, 0.29) is 30.0 Å². The molecule has 1 heterocycles. The third kappa shape index (κ3) is 2.38. The number of ether oxygens (including phenoxy) is 2. The highest BCUT2D eigenvalue weighted by Gasteiger charge is 2.65. The highest BCUT2D eigenvalue weighted by atomic mass is 16.6. The molecule has 2 saturated carbocycles. The van der Waals surface area contributed by atoms with Crippen LogP contribution in [0.2, 0.25) is 0 Å². The van der Waals surface area contributed by atoms with Gasteiger partial charge in [0.1, 0.15) is 18.5 Å². The van der Waals surface area contributed by atoms with Gasteiger partial charge < -0.3 is 19.7 Å². The lowest BCUT2D eigenvalue weighted by atomic mass is 9.75. The van der Waals surface area contributed by atoms with Gasteiger partial charge in [-0.05, 0) is 12.3 Å². The van der Waals surface area contributed by atoms with Crippen LogP contribution in [-0.4, -0.2) is 52.4 Å². The van der Waals surface area contributed by atoms with E-state index in [1.165, 1.54) is 6.92 Å². The van der Waals surface area contributed by atoms with Crippen LogP contribution >= 0.6 is 0 Å². The molecule has 2 aliphatic carbocycles. The summed E-state index contributed by atoms with van der Waals surface area (Å²) in [6, 6.07) is 0. The van der Waals surface area contributed by atoms with Gasteiger partial charge in [-0.2, -0.15) is 0 Å². The molecule has 0 aromatic rings. The van der Waals surface area contributed by atoms with E-state index < -0.39 is 42.3 Å². The average Bonchev–Trinajstić information content (AvgIpc) is 2.89. The van der Waals surface area contributed by atoms with Crippen LogP contribution < -0.4 is 0 Å². The van der Waals surface area contributed by atoms with E-state index in [2.05, 4.69) is 6.58 Å². The number of aliphatic hydroxyl groups is 2. The molecule has 3 aliphatic rings. The van der Waals surface area contributed by atoms with Gasteiger partial charge >= 0.3 is 11.9 Å². The normalized spacial score (nSPS) is 44.6. The molecule has 0 bridgehead atoms. The van der Waals surface area contributed by atoms with Gasteiger partial charge in [-0.3, -0.25) is 9.59 Å². The fraction of sp³-hybridized carbons (Fsp3) is 0.706. The Hall–Kier alpha value is -1.73. The van der Waals surface area contributed by atoms with E-state index >= 15 is 0 Å². The van der Waals surface area contributed by atoms with Crippen molar-refractivity contribution >= 4 is 17.7 Å². The van der Waals surface area contributed by atoms with Crippen LogP contribution in [-0.2, 0) is 23.9 Å². The summed E-state index contributed by atoms with van der Waals surface area (Å²) in [6.45, 7) is 6.34. The van der Waals surface area contributed by atoms with Crippen molar-refractivity contribution in [1.29, 1.82) is 0 Å². The molecule has 7 heteroatoms. The number of hydrogen-bond acceptors (Lipinski definition) is 7. The molecule has 0 spiro atoms. The molecule has 1 aliphatic heterocycles. The fourth-order valence-electron chi connectivity index (χ4n) is 4.51. The van der Waals surface area contributed by atoms with Crippen LogP contribution in [0.15, 0.2) is 12.2 Å². The SMILES string of the molecule is C=C1C[C@H](O)[C@@H]2[C@H](OC(=O)[C@]2(O)COC(C)=O)[C@H]2[C@H](C)C(=O)C[C@@H]12. The molecule has 1 saturated heterocycles. The summed E-state index contributed by atoms with van der Waals surface area (Å²) in [4.78, 5) is 35.5. The molecular formula is C17H22O7. The Kier molecular flexibility index (Phi) is 4.04. The molecule has 0 unspecified atom stereocenters. The van der Waals surface area contributed by atoms with Crippen LogP contribution in [0.5, 0.6) is 0 Å². The monoisotopic (exact) mass is 338 g/mol. The van der Waals surface area contributed by atoms with Crippen LogP contribution in [0.4, 0.5) is 0 Å². The summed E-state index contributed by atoms with van der Waals surface area (Å²) < 4.78 is 10.2. The molecule has 7 nitrogen and oxygen atoms in total. The zero-order valence-electron chi connectivity index (χ0n) is 13.7. The molecule has 2 N–H and O–H groups in total. The van der Waals surface area contributed by atoms with E-state index in [0.29, 0.717) is 6.42 Å². The Labute approximate surface area is 139 Å². The number of hydrogen-bond donors (Lipinski definition) is 2. The van der Waals surface area contributed by atoms with Crippen LogP contribution in [0.25, 0.3) is 0 Å². The first-order valence-electron chi connectivity index (χ1n) is 8.12. The van der Waals surface area contributed by atoms with E-state index in [9.17, 15) is 24.6 Å². The quantitative estimate of drug-likeness (QED) is 0.538. The topological polar surface area (TPSA) is 110 Å². The second-order valence-corrected chi connectivity index (χ2v) is 7.17. The van der Waals surface area contributed by atoms with E-state index in [1.807, 2.05) is 0 Å². The minimum Gasteiger partial charge on any atom is -0.462 e. The third-order valence-electron chi connectivity index (χ3n) is 5.76. The van der Waals surface area contributed by atoms with Crippen LogP contribution in [0.1, 0.15) is 26.7 Å². The summed E-state index contributed by atoms with van der Waals surface area (Å²) in [6.07, 6.45) is -1.40. The van der Waals surface area contributed by atoms with Crippen molar-refractivity contribution < 1.29 is 34.1 Å². The van der Waals surface area contributed by atoms with Crippen molar-refractivity contribution in [3.63, 3.8) is 0 Å². The second kappa shape index (κ2) is 5.67. The fourth-order valence-corrected chi connectivity index (χ4v) is 4.51. The summed E-state index contributed by atoms with van der Waals surface area (Å²) >= 11 is 0. The molecule has 3 fully saturated rings. The molecule has 0 radical (unpaired) electrons. The third-order valence-corrected chi connectivity index (χ3v) is 5.76. The molecule has 24 heavy (non-hydrogen) atoms. The van der Waals surface area contributed by atoms with Gasteiger partial charge in [-0.15, -0.1) is 0 Å². The van der Waals surface area contributed by atoms with E-state index in [0.717, 1.165) is 5.57 Å². The zero-order valence-corrected chi connectivity index (χ0v) is 13.7. The van der Waals surface area contributed by atoms with Gasteiger partial charge in [0.25, 0.3) is 0 Å². The molecule has 132 valence electrons. The lowest BCUT2D eigenvalue weighted by Gasteiger charge is -2.32. The summed E-state index contributed by atoms with van der Waals surface area (Å²) in [5, 5.41) is 21.4. The maximum atomic E-state index is 12.3. The summed E-state index contributed by atoms with van der Waals surface area (Å²) in [7, 11) is 0. The Bertz CT molecular complexity index is 612. The summed E-state index contributed by atoms with van der Waals surface area (Å²) in [5.41, 5.74) is -1.39. The van der Waals surface area contributed by atoms with Gasteiger partial charge in [0, 0.05) is 25.2 Å². The van der Waals surface area contributed by atoms with Crippen molar-refractivity contribution in [2.24, 2.45) is 23.7 Å². The van der Waals surface area contributed by atoms with Crippen molar-refractivity contribution in [3.8, 4) is 0 Å². The van der Waals surface area contributed by atoms with Gasteiger partial charge in [-0.1, -0.05) is 19.1 Å². The number of Topliss-reactive ketones (excluding diaryl/α,β-unsaturated/α-hetero) is 1. The number of rotatable bonds is 2. The molecular weight excluding hydrogens is 316 g/mol. The van der Waals surface area contributed by atoms with Crippen molar-refractivity contribution in [3.05, 3.63) is 12.2 Å². The predicted octanol–water partition coefficient (Wildman–Crippen LogP) is -0.0157. The van der Waals surface area contributed by atoms with E-state index in [1.54, 1.807) is 6.92 Å². The maximum absolute atomic E-state index is 12.3. The highest BCUT2D eigenvalue weighted by Crippen LogP contribution is 2.52.